The Morgan fingerprint density at radius 2 is 1.95 bits per heavy atom. The van der Waals surface area contributed by atoms with Crippen LogP contribution < -0.4 is 0 Å². The van der Waals surface area contributed by atoms with Crippen molar-refractivity contribution in [1.29, 1.82) is 0 Å². The van der Waals surface area contributed by atoms with E-state index in [4.69, 9.17) is 4.74 Å². The smallest absolute Gasteiger partial charge is 0.241 e. The normalized spacial score (nSPS) is 25.7. The second kappa shape index (κ2) is 6.19. The van der Waals surface area contributed by atoms with Crippen LogP contribution in [0, 0.1) is 0 Å². The molecule has 1 atom stereocenters. The fourth-order valence-corrected chi connectivity index (χ4v) is 4.43. The van der Waals surface area contributed by atoms with Gasteiger partial charge in [-0.25, -0.2) is 8.42 Å². The van der Waals surface area contributed by atoms with Crippen LogP contribution in [0.15, 0.2) is 0 Å². The van der Waals surface area contributed by atoms with Crippen molar-refractivity contribution in [2.24, 2.45) is 0 Å². The Kier molecular flexibility index (Phi) is 4.81. The summed E-state index contributed by atoms with van der Waals surface area (Å²) >= 11 is 0. The Morgan fingerprint density at radius 3 is 2.58 bits per heavy atom. The van der Waals surface area contributed by atoms with Crippen molar-refractivity contribution < 1.29 is 17.9 Å². The van der Waals surface area contributed by atoms with E-state index in [1.807, 2.05) is 6.92 Å². The summed E-state index contributed by atoms with van der Waals surface area (Å²) in [5.41, 5.74) is 0. The van der Waals surface area contributed by atoms with Crippen LogP contribution in [0.5, 0.6) is 0 Å². The number of sulfonamides is 1. The molecule has 2 fully saturated rings. The number of nitrogens with zero attached hydrogens (tertiary/aromatic N) is 2. The van der Waals surface area contributed by atoms with Gasteiger partial charge < -0.3 is 9.64 Å². The number of rotatable bonds is 4. The number of ether oxygens (including phenoxy) is 1. The molecule has 0 N–H and O–H groups in total. The molecule has 2 rings (SSSR count). The maximum atomic E-state index is 12.4. The molecule has 7 heteroatoms. The van der Waals surface area contributed by atoms with E-state index in [1.165, 1.54) is 4.31 Å². The van der Waals surface area contributed by atoms with Crippen molar-refractivity contribution in [2.45, 2.75) is 32.2 Å². The number of carbonyl (C=O) groups is 1. The van der Waals surface area contributed by atoms with Gasteiger partial charge in [-0.3, -0.25) is 4.79 Å². The minimum atomic E-state index is -3.29. The third kappa shape index (κ3) is 3.27. The predicted octanol–water partition coefficient (Wildman–Crippen LogP) is 0.0494. The molecule has 0 aromatic carbocycles. The van der Waals surface area contributed by atoms with E-state index >= 15 is 0 Å². The molecule has 1 amide bonds. The molecular formula is C12H22N2O4S. The molecule has 2 aliphatic rings. The van der Waals surface area contributed by atoms with Crippen LogP contribution in [-0.4, -0.2) is 68.2 Å². The summed E-state index contributed by atoms with van der Waals surface area (Å²) in [6.45, 7) is 4.53. The monoisotopic (exact) mass is 290 g/mol. The molecule has 0 saturated carbocycles. The molecule has 2 heterocycles. The number of hydrogen-bond donors (Lipinski definition) is 0. The van der Waals surface area contributed by atoms with Gasteiger partial charge in [0, 0.05) is 19.6 Å². The first-order chi connectivity index (χ1) is 9.06. The van der Waals surface area contributed by atoms with E-state index in [1.54, 1.807) is 4.90 Å². The van der Waals surface area contributed by atoms with Crippen LogP contribution in [0.2, 0.25) is 0 Å². The molecular weight excluding hydrogens is 268 g/mol. The molecule has 0 aromatic rings. The first-order valence-corrected chi connectivity index (χ1v) is 8.53. The summed E-state index contributed by atoms with van der Waals surface area (Å²) in [5.74, 6) is 0.0698. The van der Waals surface area contributed by atoms with Crippen LogP contribution in [0.25, 0.3) is 0 Å². The predicted molar refractivity (Wildman–Crippen MR) is 71.2 cm³/mol. The van der Waals surface area contributed by atoms with Gasteiger partial charge in [-0.15, -0.1) is 0 Å². The third-order valence-corrected chi connectivity index (χ3v) is 5.71. The van der Waals surface area contributed by atoms with Gasteiger partial charge in [0.2, 0.25) is 15.9 Å². The molecule has 0 aliphatic carbocycles. The van der Waals surface area contributed by atoms with Crippen molar-refractivity contribution in [3.05, 3.63) is 0 Å². The highest BCUT2D eigenvalue weighted by atomic mass is 32.2. The van der Waals surface area contributed by atoms with Crippen molar-refractivity contribution in [2.75, 3.05) is 38.6 Å². The minimum Gasteiger partial charge on any atom is -0.378 e. The summed E-state index contributed by atoms with van der Waals surface area (Å²) < 4.78 is 31.0. The van der Waals surface area contributed by atoms with Crippen molar-refractivity contribution in [1.82, 2.24) is 9.21 Å². The van der Waals surface area contributed by atoms with Crippen molar-refractivity contribution >= 4 is 15.9 Å². The number of carbonyl (C=O) groups excluding carboxylic acids is 1. The molecule has 6 nitrogen and oxygen atoms in total. The van der Waals surface area contributed by atoms with E-state index in [0.717, 1.165) is 6.42 Å². The summed E-state index contributed by atoms with van der Waals surface area (Å²) in [4.78, 5) is 14.2. The molecule has 2 aliphatic heterocycles. The lowest BCUT2D eigenvalue weighted by Gasteiger charge is -2.32. The van der Waals surface area contributed by atoms with Gasteiger partial charge in [0.15, 0.2) is 0 Å². The van der Waals surface area contributed by atoms with E-state index in [9.17, 15) is 13.2 Å². The van der Waals surface area contributed by atoms with Crippen LogP contribution in [-0.2, 0) is 19.6 Å². The average molecular weight is 290 g/mol. The zero-order valence-electron chi connectivity index (χ0n) is 11.4. The van der Waals surface area contributed by atoms with Gasteiger partial charge in [0.25, 0.3) is 0 Å². The minimum absolute atomic E-state index is 0.0551. The fraction of sp³-hybridized carbons (Fsp3) is 0.917. The molecule has 0 radical (unpaired) electrons. The Morgan fingerprint density at radius 1 is 1.26 bits per heavy atom. The number of amides is 1. The summed E-state index contributed by atoms with van der Waals surface area (Å²) in [5, 5.41) is 0. The largest absolute Gasteiger partial charge is 0.378 e. The van der Waals surface area contributed by atoms with Gasteiger partial charge in [0.05, 0.1) is 19.0 Å². The van der Waals surface area contributed by atoms with E-state index < -0.39 is 16.1 Å². The van der Waals surface area contributed by atoms with Gasteiger partial charge in [-0.05, 0) is 19.3 Å². The fourth-order valence-electron chi connectivity index (χ4n) is 2.69. The summed E-state index contributed by atoms with van der Waals surface area (Å²) in [6, 6.07) is -0.491. The first-order valence-electron chi connectivity index (χ1n) is 6.92. The van der Waals surface area contributed by atoms with E-state index in [-0.39, 0.29) is 11.7 Å². The van der Waals surface area contributed by atoms with Crippen LogP contribution in [0.3, 0.4) is 0 Å². The Bertz CT molecular complexity index is 417. The molecule has 110 valence electrons. The molecule has 1 unspecified atom stereocenters. The maximum absolute atomic E-state index is 12.4. The first kappa shape index (κ1) is 14.7. The lowest BCUT2D eigenvalue weighted by atomic mass is 10.2. The Hall–Kier alpha value is -0.660. The molecule has 0 bridgehead atoms. The lowest BCUT2D eigenvalue weighted by molar-refractivity contribution is -0.138. The summed E-state index contributed by atoms with van der Waals surface area (Å²) in [6.07, 6.45) is 1.99. The van der Waals surface area contributed by atoms with Crippen LogP contribution >= 0.6 is 0 Å². The van der Waals surface area contributed by atoms with Crippen LogP contribution in [0.1, 0.15) is 26.2 Å². The molecule has 0 aromatic heterocycles. The van der Waals surface area contributed by atoms with E-state index in [2.05, 4.69) is 0 Å². The Balaban J connectivity index is 2.07. The third-order valence-electron chi connectivity index (χ3n) is 3.63. The van der Waals surface area contributed by atoms with Gasteiger partial charge in [-0.1, -0.05) is 6.92 Å². The van der Waals surface area contributed by atoms with Gasteiger partial charge in [-0.2, -0.15) is 4.31 Å². The number of hydrogen-bond acceptors (Lipinski definition) is 4. The zero-order chi connectivity index (χ0) is 13.9. The van der Waals surface area contributed by atoms with Gasteiger partial charge in [0.1, 0.15) is 6.04 Å². The second-order valence-corrected chi connectivity index (χ2v) is 7.06. The maximum Gasteiger partial charge on any atom is 0.241 e. The van der Waals surface area contributed by atoms with Crippen LogP contribution in [0.4, 0.5) is 0 Å². The topological polar surface area (TPSA) is 66.9 Å². The SMILES string of the molecule is CCCS(=O)(=O)N1CCCC1C(=O)N1CCOCC1. The standard InChI is InChI=1S/C12H22N2O4S/c1-2-10-19(16,17)14-5-3-4-11(14)12(15)13-6-8-18-9-7-13/h11H,2-10H2,1H3. The lowest BCUT2D eigenvalue weighted by Crippen LogP contribution is -2.51. The highest BCUT2D eigenvalue weighted by Crippen LogP contribution is 2.23. The quantitative estimate of drug-likeness (QED) is 0.734. The van der Waals surface area contributed by atoms with Crippen molar-refractivity contribution in [3.63, 3.8) is 0 Å². The number of morpholine rings is 1. The molecule has 0 spiro atoms. The summed E-state index contributed by atoms with van der Waals surface area (Å²) in [7, 11) is -3.29. The highest BCUT2D eigenvalue weighted by molar-refractivity contribution is 7.89. The van der Waals surface area contributed by atoms with Gasteiger partial charge >= 0.3 is 0 Å². The second-order valence-electron chi connectivity index (χ2n) is 5.02. The highest BCUT2D eigenvalue weighted by Gasteiger charge is 2.40. The molecule has 19 heavy (non-hydrogen) atoms. The molecule has 2 saturated heterocycles. The Labute approximate surface area is 114 Å². The van der Waals surface area contributed by atoms with Crippen molar-refractivity contribution in [3.8, 4) is 0 Å². The zero-order valence-corrected chi connectivity index (χ0v) is 12.2. The van der Waals surface area contributed by atoms with E-state index in [0.29, 0.717) is 45.7 Å². The average Bonchev–Trinajstić information content (AvgIpc) is 2.89.